The largest absolute Gasteiger partial charge is 0.459 e. The van der Waals surface area contributed by atoms with Crippen molar-refractivity contribution in [3.05, 3.63) is 210 Å². The average molecular weight is 1040 g/mol. The number of Topliss-reactive ketones (excluding diaryl/α,β-unsaturated/α-hetero) is 4. The van der Waals surface area contributed by atoms with Crippen molar-refractivity contribution >= 4 is 133 Å². The van der Waals surface area contributed by atoms with Crippen LogP contribution < -0.4 is 0 Å². The third kappa shape index (κ3) is 6.81. The Kier molecular flexibility index (Phi) is 10.2. The first-order valence-corrected chi connectivity index (χ1v) is 25.6. The second-order valence-electron chi connectivity index (χ2n) is 17.6. The van der Waals surface area contributed by atoms with Gasteiger partial charge in [0.25, 0.3) is 0 Å². The van der Waals surface area contributed by atoms with Crippen LogP contribution in [0.3, 0.4) is 0 Å². The lowest BCUT2D eigenvalue weighted by molar-refractivity contribution is -0.164. The summed E-state index contributed by atoms with van der Waals surface area (Å²) in [5.74, 6) is -8.61. The van der Waals surface area contributed by atoms with Crippen molar-refractivity contribution in [1.82, 2.24) is 0 Å². The standard InChI is InChI=1S/C57H26F4O8S4/c58-40-15-27-11-33-34(12-28(27)16-41(40)59)47(63)37(46(33)62)19-31-21-39-50(70-31)52-45(57(39,55(66)68-23-25-7-3-1-4-8-25)56(67)69-24-26-9-5-2-6-10-26)53-54(73-52)51-44(72-53)22-32(71-51)20-38-48(64)35-13-29-17-42(60)43(61)18-30(29)14-36(35)49(38)65/h1-22H,23-24H2. The highest BCUT2D eigenvalue weighted by molar-refractivity contribution is 7.40. The quantitative estimate of drug-likeness (QED) is 0.0485. The zero-order chi connectivity index (χ0) is 50.2. The first-order valence-electron chi connectivity index (χ1n) is 22.3. The fourth-order valence-electron chi connectivity index (χ4n) is 9.88. The minimum atomic E-state index is -2.22. The Morgan fingerprint density at radius 3 is 1.33 bits per heavy atom. The van der Waals surface area contributed by atoms with Crippen molar-refractivity contribution in [2.24, 2.45) is 0 Å². The Morgan fingerprint density at radius 2 is 0.890 bits per heavy atom. The molecule has 354 valence electrons. The van der Waals surface area contributed by atoms with Gasteiger partial charge >= 0.3 is 11.9 Å². The minimum Gasteiger partial charge on any atom is -0.459 e. The minimum absolute atomic E-state index is 0.0195. The van der Waals surface area contributed by atoms with Gasteiger partial charge in [-0.3, -0.25) is 28.8 Å². The van der Waals surface area contributed by atoms with E-state index in [-0.39, 0.29) is 73.7 Å². The first kappa shape index (κ1) is 44.9. The molecule has 6 aromatic carbocycles. The topological polar surface area (TPSA) is 121 Å². The summed E-state index contributed by atoms with van der Waals surface area (Å²) in [6, 6.07) is 30.6. The number of benzene rings is 6. The molecule has 0 spiro atoms. The molecule has 3 aliphatic rings. The molecule has 16 heteroatoms. The third-order valence-electron chi connectivity index (χ3n) is 13.3. The molecule has 0 atom stereocenters. The summed E-state index contributed by atoms with van der Waals surface area (Å²) in [4.78, 5) is 88.0. The van der Waals surface area contributed by atoms with Gasteiger partial charge in [-0.05, 0) is 105 Å². The Bertz CT molecular complexity index is 4090. The van der Waals surface area contributed by atoms with Crippen molar-refractivity contribution in [3.8, 4) is 9.75 Å². The van der Waals surface area contributed by atoms with Crippen LogP contribution >= 0.6 is 45.3 Å². The molecule has 13 rings (SSSR count). The number of hydrogen-bond acceptors (Lipinski definition) is 12. The van der Waals surface area contributed by atoms with E-state index < -0.39 is 63.8 Å². The second-order valence-corrected chi connectivity index (χ2v) is 21.9. The molecule has 4 heterocycles. The summed E-state index contributed by atoms with van der Waals surface area (Å²) in [7, 11) is 0. The van der Waals surface area contributed by atoms with Crippen molar-refractivity contribution in [2.75, 3.05) is 0 Å². The zero-order valence-electron chi connectivity index (χ0n) is 37.0. The number of carbonyl (C=O) groups excluding carboxylic acids is 6. The molecule has 0 unspecified atom stereocenters. The van der Waals surface area contributed by atoms with Crippen molar-refractivity contribution in [2.45, 2.75) is 18.6 Å². The van der Waals surface area contributed by atoms with Crippen LogP contribution in [0.25, 0.3) is 62.3 Å². The molecule has 0 fully saturated rings. The lowest BCUT2D eigenvalue weighted by atomic mass is 9.79. The van der Waals surface area contributed by atoms with Gasteiger partial charge in [0.2, 0.25) is 5.41 Å². The summed E-state index contributed by atoms with van der Waals surface area (Å²) in [6.45, 7) is -0.392. The zero-order valence-corrected chi connectivity index (χ0v) is 40.3. The molecule has 0 aliphatic heterocycles. The lowest BCUT2D eigenvalue weighted by Gasteiger charge is -2.26. The van der Waals surface area contributed by atoms with Crippen molar-refractivity contribution in [3.63, 3.8) is 0 Å². The number of halogens is 4. The molecule has 0 amide bonds. The maximum atomic E-state index is 15.3. The molecular weight excluding hydrogens is 1020 g/mol. The van der Waals surface area contributed by atoms with Crippen LogP contribution in [0.2, 0.25) is 0 Å². The van der Waals surface area contributed by atoms with E-state index in [1.165, 1.54) is 70.4 Å². The fraction of sp³-hybridized carbons (Fsp3) is 0.0526. The third-order valence-corrected chi connectivity index (χ3v) is 18.4. The van der Waals surface area contributed by atoms with Crippen LogP contribution in [0.5, 0.6) is 0 Å². The van der Waals surface area contributed by atoms with Gasteiger partial charge in [0.1, 0.15) is 13.2 Å². The Balaban J connectivity index is 0.952. The van der Waals surface area contributed by atoms with Gasteiger partial charge in [0.05, 0.1) is 35.0 Å². The van der Waals surface area contributed by atoms with E-state index in [9.17, 15) is 36.7 Å². The lowest BCUT2D eigenvalue weighted by Crippen LogP contribution is -2.45. The summed E-state index contributed by atoms with van der Waals surface area (Å²) in [5.41, 5.74) is -0.477. The molecule has 3 aliphatic carbocycles. The van der Waals surface area contributed by atoms with E-state index >= 15 is 9.59 Å². The molecule has 10 aromatic rings. The van der Waals surface area contributed by atoms with Crippen molar-refractivity contribution in [1.29, 1.82) is 0 Å². The number of rotatable bonds is 8. The molecule has 0 saturated heterocycles. The molecule has 0 saturated carbocycles. The molecule has 8 nitrogen and oxygen atoms in total. The number of hydrogen-bond donors (Lipinski definition) is 0. The number of ketones is 4. The molecule has 0 N–H and O–H groups in total. The van der Waals surface area contributed by atoms with E-state index in [1.807, 2.05) is 18.2 Å². The molecule has 0 bridgehead atoms. The summed E-state index contributed by atoms with van der Waals surface area (Å²) >= 11 is 5.06. The van der Waals surface area contributed by atoms with Crippen molar-refractivity contribution < 1.29 is 55.8 Å². The summed E-state index contributed by atoms with van der Waals surface area (Å²) in [6.07, 6.45) is 2.89. The van der Waals surface area contributed by atoms with Crippen LogP contribution in [-0.4, -0.2) is 35.1 Å². The monoisotopic (exact) mass is 1040 g/mol. The highest BCUT2D eigenvalue weighted by Gasteiger charge is 2.61. The number of allylic oxidation sites excluding steroid dienone is 2. The van der Waals surface area contributed by atoms with Gasteiger partial charge < -0.3 is 9.47 Å². The second kappa shape index (κ2) is 16.5. The predicted octanol–water partition coefficient (Wildman–Crippen LogP) is 13.8. The first-order chi connectivity index (χ1) is 35.3. The predicted molar refractivity (Wildman–Crippen MR) is 273 cm³/mol. The number of fused-ring (bicyclic) bond motifs is 11. The van der Waals surface area contributed by atoms with E-state index in [0.717, 1.165) is 45.0 Å². The maximum Gasteiger partial charge on any atom is 0.333 e. The van der Waals surface area contributed by atoms with Crippen LogP contribution in [-0.2, 0) is 37.7 Å². The average Bonchev–Trinajstić information content (AvgIpc) is 4.27. The fourth-order valence-corrected chi connectivity index (χ4v) is 15.5. The highest BCUT2D eigenvalue weighted by Crippen LogP contribution is 2.62. The van der Waals surface area contributed by atoms with Gasteiger partial charge in [-0.25, -0.2) is 17.6 Å². The van der Waals surface area contributed by atoms with Crippen LogP contribution in [0.4, 0.5) is 17.6 Å². The summed E-state index contributed by atoms with van der Waals surface area (Å²) < 4.78 is 71.8. The SMILES string of the molecule is O=C1C(=Cc2cc3c(s2)-c2sc4c(sc5cc(C=C6C(=O)c7cc8cc(F)c(F)cc8cc7C6=O)sc54)c2C3(C(=O)OCc2ccccc2)C(=O)OCc2ccccc2)C(=O)c2cc3cc(F)c(F)cc3cc21. The molecule has 0 radical (unpaired) electrons. The smallest absolute Gasteiger partial charge is 0.333 e. The van der Waals surface area contributed by atoms with Crippen LogP contribution in [0.15, 0.2) is 132 Å². The highest BCUT2D eigenvalue weighted by atomic mass is 32.1. The van der Waals surface area contributed by atoms with Gasteiger partial charge in [0.15, 0.2) is 46.4 Å². The molecular formula is C57H26F4O8S4. The number of carbonyl (C=O) groups is 6. The van der Waals surface area contributed by atoms with Gasteiger partial charge in [-0.2, -0.15) is 0 Å². The normalized spacial score (nSPS) is 14.4. The van der Waals surface area contributed by atoms with E-state index in [2.05, 4.69) is 0 Å². The Morgan fingerprint density at radius 1 is 0.466 bits per heavy atom. The maximum absolute atomic E-state index is 15.3. The van der Waals surface area contributed by atoms with Crippen LogP contribution in [0, 0.1) is 23.3 Å². The van der Waals surface area contributed by atoms with Gasteiger partial charge in [-0.15, -0.1) is 45.3 Å². The molecule has 4 aromatic heterocycles. The van der Waals surface area contributed by atoms with E-state index in [0.29, 0.717) is 45.6 Å². The molecule has 73 heavy (non-hydrogen) atoms. The Labute approximate surface area is 424 Å². The Hall–Kier alpha value is -8.02. The van der Waals surface area contributed by atoms with E-state index in [4.69, 9.17) is 9.47 Å². The number of ether oxygens (including phenoxy) is 2. The van der Waals surface area contributed by atoms with E-state index in [1.54, 1.807) is 54.6 Å². The van der Waals surface area contributed by atoms with Gasteiger partial charge in [-0.1, -0.05) is 60.7 Å². The van der Waals surface area contributed by atoms with Gasteiger partial charge in [0, 0.05) is 47.8 Å². The van der Waals surface area contributed by atoms with Crippen LogP contribution in [0.1, 0.15) is 73.4 Å². The number of esters is 2. The number of thiophene rings is 4. The summed E-state index contributed by atoms with van der Waals surface area (Å²) in [5, 5.41) is 0.997.